The van der Waals surface area contributed by atoms with Gasteiger partial charge in [-0.05, 0) is 30.5 Å². The molecule has 3 N–H and O–H groups in total. The second kappa shape index (κ2) is 5.99. The number of nitrogens with two attached hydrogens (primary N) is 1. The summed E-state index contributed by atoms with van der Waals surface area (Å²) < 4.78 is 44.1. The number of fused-ring (bicyclic) bond motifs is 1. The van der Waals surface area contributed by atoms with Crippen molar-refractivity contribution in [1.82, 2.24) is 5.32 Å². The molecule has 2 aliphatic rings. The van der Waals surface area contributed by atoms with Gasteiger partial charge in [0, 0.05) is 24.5 Å². The number of alkyl halides is 3. The minimum atomic E-state index is -4.41. The number of amides is 1. The molecule has 3 unspecified atom stereocenters. The second-order valence-electron chi connectivity index (χ2n) is 7.51. The maximum Gasteiger partial charge on any atom is 0.416 e. The molecule has 1 aromatic carbocycles. The van der Waals surface area contributed by atoms with Crippen LogP contribution in [0.3, 0.4) is 0 Å². The van der Waals surface area contributed by atoms with E-state index in [1.165, 1.54) is 6.07 Å². The fraction of sp³-hybridized carbons (Fsp3) is 0.611. The summed E-state index contributed by atoms with van der Waals surface area (Å²) in [6, 6.07) is 4.94. The molecule has 0 aromatic heterocycles. The van der Waals surface area contributed by atoms with Crippen molar-refractivity contribution in [3.8, 4) is 0 Å². The summed E-state index contributed by atoms with van der Waals surface area (Å²) in [6.45, 7) is 4.50. The van der Waals surface area contributed by atoms with Crippen LogP contribution in [0.25, 0.3) is 0 Å². The molecule has 25 heavy (non-hydrogen) atoms. The predicted octanol–water partition coefficient (Wildman–Crippen LogP) is 2.85. The third-order valence-corrected chi connectivity index (χ3v) is 5.77. The van der Waals surface area contributed by atoms with Gasteiger partial charge in [-0.3, -0.25) is 4.79 Å². The maximum absolute atomic E-state index is 12.8. The molecule has 1 aliphatic heterocycles. The van der Waals surface area contributed by atoms with Crippen molar-refractivity contribution in [2.45, 2.75) is 51.1 Å². The topological polar surface area (TPSA) is 64.3 Å². The first-order chi connectivity index (χ1) is 11.6. The Morgan fingerprint density at radius 2 is 2.12 bits per heavy atom. The summed E-state index contributed by atoms with van der Waals surface area (Å²) in [5, 5.41) is 2.72. The van der Waals surface area contributed by atoms with E-state index < -0.39 is 22.7 Å². The molecule has 0 radical (unpaired) electrons. The van der Waals surface area contributed by atoms with E-state index in [1.807, 2.05) is 13.8 Å². The highest BCUT2D eigenvalue weighted by Gasteiger charge is 2.70. The molecule has 0 spiro atoms. The first kappa shape index (κ1) is 18.2. The molecule has 0 bridgehead atoms. The molecule has 3 atom stereocenters. The number of carbonyl (C=O) groups is 1. The molecule has 1 aliphatic carbocycles. The Kier molecular flexibility index (Phi) is 4.36. The Balaban J connectivity index is 1.71. The third-order valence-electron chi connectivity index (χ3n) is 5.77. The molecule has 3 rings (SSSR count). The van der Waals surface area contributed by atoms with Crippen LogP contribution in [-0.2, 0) is 22.3 Å². The van der Waals surface area contributed by atoms with Gasteiger partial charge in [-0.15, -0.1) is 0 Å². The minimum absolute atomic E-state index is 0.00995. The summed E-state index contributed by atoms with van der Waals surface area (Å²) in [7, 11) is 0. The largest absolute Gasteiger partial charge is 0.416 e. The Bertz CT molecular complexity index is 675. The quantitative estimate of drug-likeness (QED) is 0.875. The van der Waals surface area contributed by atoms with Crippen molar-refractivity contribution >= 4 is 5.91 Å². The van der Waals surface area contributed by atoms with Gasteiger partial charge in [-0.2, -0.15) is 13.2 Å². The van der Waals surface area contributed by atoms with E-state index in [0.717, 1.165) is 25.0 Å². The lowest BCUT2D eigenvalue weighted by Gasteiger charge is -2.65. The average Bonchev–Trinajstić information content (AvgIpc) is 2.58. The van der Waals surface area contributed by atoms with Gasteiger partial charge in [-0.25, -0.2) is 0 Å². The molecule has 1 aromatic rings. The number of hydrogen-bond acceptors (Lipinski definition) is 3. The molecule has 4 nitrogen and oxygen atoms in total. The molecule has 1 heterocycles. The Morgan fingerprint density at radius 1 is 1.40 bits per heavy atom. The summed E-state index contributed by atoms with van der Waals surface area (Å²) in [5.74, 6) is -0.389. The smallest absolute Gasteiger partial charge is 0.377 e. The van der Waals surface area contributed by atoms with Crippen molar-refractivity contribution in [1.29, 1.82) is 0 Å². The first-order valence-corrected chi connectivity index (χ1v) is 8.43. The van der Waals surface area contributed by atoms with Gasteiger partial charge < -0.3 is 15.8 Å². The third kappa shape index (κ3) is 2.83. The van der Waals surface area contributed by atoms with Crippen molar-refractivity contribution in [3.63, 3.8) is 0 Å². The van der Waals surface area contributed by atoms with Gasteiger partial charge in [0.05, 0.1) is 11.7 Å². The summed E-state index contributed by atoms with van der Waals surface area (Å²) in [4.78, 5) is 12.8. The zero-order valence-electron chi connectivity index (χ0n) is 14.3. The van der Waals surface area contributed by atoms with Crippen LogP contribution in [-0.4, -0.2) is 24.2 Å². The van der Waals surface area contributed by atoms with Crippen molar-refractivity contribution in [3.05, 3.63) is 35.4 Å². The number of carbonyl (C=O) groups excluding carboxylic acids is 1. The van der Waals surface area contributed by atoms with Crippen LogP contribution in [0.4, 0.5) is 13.2 Å². The lowest BCUT2D eigenvalue weighted by Crippen LogP contribution is -2.82. The van der Waals surface area contributed by atoms with E-state index in [-0.39, 0.29) is 24.5 Å². The highest BCUT2D eigenvalue weighted by molar-refractivity contribution is 5.89. The van der Waals surface area contributed by atoms with E-state index in [4.69, 9.17) is 10.5 Å². The number of hydrogen-bond donors (Lipinski definition) is 2. The monoisotopic (exact) mass is 356 g/mol. The van der Waals surface area contributed by atoms with Crippen LogP contribution in [0.5, 0.6) is 0 Å². The van der Waals surface area contributed by atoms with E-state index in [0.29, 0.717) is 12.2 Å². The Labute approximate surface area is 144 Å². The molecule has 2 fully saturated rings. The number of benzene rings is 1. The van der Waals surface area contributed by atoms with Gasteiger partial charge in [0.25, 0.3) is 0 Å². The molecular weight excluding hydrogens is 333 g/mol. The Morgan fingerprint density at radius 3 is 2.80 bits per heavy atom. The van der Waals surface area contributed by atoms with Crippen molar-refractivity contribution in [2.24, 2.45) is 17.1 Å². The predicted molar refractivity (Wildman–Crippen MR) is 86.5 cm³/mol. The molecule has 1 saturated heterocycles. The SMILES string of the molecule is CC1(C)C2OCCCC2C1(N)C(=O)NCc1cccc(C(F)(F)F)c1. The van der Waals surface area contributed by atoms with Gasteiger partial charge in [0.1, 0.15) is 5.54 Å². The maximum atomic E-state index is 12.8. The second-order valence-corrected chi connectivity index (χ2v) is 7.51. The zero-order valence-corrected chi connectivity index (χ0v) is 14.3. The molecule has 138 valence electrons. The van der Waals surface area contributed by atoms with Gasteiger partial charge in [-0.1, -0.05) is 26.0 Å². The molecule has 1 saturated carbocycles. The summed E-state index contributed by atoms with van der Waals surface area (Å²) in [5.41, 5.74) is 4.54. The average molecular weight is 356 g/mol. The standard InChI is InChI=1S/C18H23F3N2O2/c1-16(2)14-13(7-4-8-25-14)17(16,22)15(24)23-10-11-5-3-6-12(9-11)18(19,20)21/h3,5-6,9,13-14H,4,7-8,10,22H2,1-2H3,(H,23,24). The Hall–Kier alpha value is -1.60. The molecule has 1 amide bonds. The highest BCUT2D eigenvalue weighted by atomic mass is 19.4. The lowest BCUT2D eigenvalue weighted by atomic mass is 9.46. The highest BCUT2D eigenvalue weighted by Crippen LogP contribution is 2.57. The van der Waals surface area contributed by atoms with E-state index >= 15 is 0 Å². The van der Waals surface area contributed by atoms with E-state index in [1.54, 1.807) is 6.07 Å². The lowest BCUT2D eigenvalue weighted by molar-refractivity contribution is -0.225. The molecular formula is C18H23F3N2O2. The van der Waals surface area contributed by atoms with Crippen LogP contribution < -0.4 is 11.1 Å². The zero-order chi connectivity index (χ0) is 18.5. The minimum Gasteiger partial charge on any atom is -0.377 e. The van der Waals surface area contributed by atoms with Crippen LogP contribution in [0.2, 0.25) is 0 Å². The van der Waals surface area contributed by atoms with Crippen molar-refractivity contribution in [2.75, 3.05) is 6.61 Å². The number of rotatable bonds is 3. The number of halogens is 3. The van der Waals surface area contributed by atoms with Crippen molar-refractivity contribution < 1.29 is 22.7 Å². The van der Waals surface area contributed by atoms with Gasteiger partial charge >= 0.3 is 6.18 Å². The fourth-order valence-electron chi connectivity index (χ4n) is 4.22. The van der Waals surface area contributed by atoms with E-state index in [2.05, 4.69) is 5.32 Å². The summed E-state index contributed by atoms with van der Waals surface area (Å²) in [6.07, 6.45) is -2.78. The summed E-state index contributed by atoms with van der Waals surface area (Å²) >= 11 is 0. The van der Waals surface area contributed by atoms with Gasteiger partial charge in [0.2, 0.25) is 5.91 Å². The van der Waals surface area contributed by atoms with Crippen LogP contribution in [0.15, 0.2) is 24.3 Å². The van der Waals surface area contributed by atoms with Crippen LogP contribution >= 0.6 is 0 Å². The van der Waals surface area contributed by atoms with Crippen LogP contribution in [0, 0.1) is 11.3 Å². The number of ether oxygens (including phenoxy) is 1. The number of nitrogens with one attached hydrogen (secondary N) is 1. The molecule has 7 heteroatoms. The first-order valence-electron chi connectivity index (χ1n) is 8.43. The van der Waals surface area contributed by atoms with Gasteiger partial charge in [0.15, 0.2) is 0 Å². The normalized spacial score (nSPS) is 31.0. The fourth-order valence-corrected chi connectivity index (χ4v) is 4.22. The van der Waals surface area contributed by atoms with Crippen LogP contribution in [0.1, 0.15) is 37.8 Å². The van der Waals surface area contributed by atoms with E-state index in [9.17, 15) is 18.0 Å².